The largest absolute Gasteiger partial charge is 0.474 e. The van der Waals surface area contributed by atoms with Gasteiger partial charge in [-0.25, -0.2) is 0 Å². The highest BCUT2D eigenvalue weighted by atomic mass is 16.5. The van der Waals surface area contributed by atoms with Crippen LogP contribution >= 0.6 is 0 Å². The van der Waals surface area contributed by atoms with E-state index in [4.69, 9.17) is 4.74 Å². The summed E-state index contributed by atoms with van der Waals surface area (Å²) in [5.74, 6) is 1.49. The summed E-state index contributed by atoms with van der Waals surface area (Å²) in [4.78, 5) is 22.6. The molecule has 1 aromatic rings. The molecule has 6 nitrogen and oxygen atoms in total. The van der Waals surface area contributed by atoms with Crippen molar-refractivity contribution in [2.45, 2.75) is 58.6 Å². The molecule has 1 atom stereocenters. The van der Waals surface area contributed by atoms with Gasteiger partial charge in [-0.2, -0.15) is 4.98 Å². The molecule has 2 heterocycles. The highest BCUT2D eigenvalue weighted by Gasteiger charge is 2.22. The number of carbonyl (C=O) groups is 1. The summed E-state index contributed by atoms with van der Waals surface area (Å²) in [5.41, 5.74) is 0. The summed E-state index contributed by atoms with van der Waals surface area (Å²) in [5, 5.41) is 3.11. The van der Waals surface area contributed by atoms with Crippen LogP contribution in [0.25, 0.3) is 0 Å². The summed E-state index contributed by atoms with van der Waals surface area (Å²) in [6.07, 6.45) is 6.98. The number of anilines is 1. The van der Waals surface area contributed by atoms with E-state index in [1.54, 1.807) is 12.4 Å². The number of nitrogens with zero attached hydrogens (tertiary/aromatic N) is 3. The maximum absolute atomic E-state index is 11.8. The van der Waals surface area contributed by atoms with Crippen LogP contribution in [0.15, 0.2) is 12.4 Å². The Kier molecular flexibility index (Phi) is 5.98. The first-order chi connectivity index (χ1) is 10.6. The molecule has 2 rings (SSSR count). The summed E-state index contributed by atoms with van der Waals surface area (Å²) in [6.45, 7) is 7.65. The minimum Gasteiger partial charge on any atom is -0.474 e. The Morgan fingerprint density at radius 2 is 2.32 bits per heavy atom. The summed E-state index contributed by atoms with van der Waals surface area (Å²) in [7, 11) is 0. The second-order valence-electron chi connectivity index (χ2n) is 5.98. The molecule has 0 aliphatic carbocycles. The van der Waals surface area contributed by atoms with Crippen molar-refractivity contribution in [3.05, 3.63) is 12.4 Å². The van der Waals surface area contributed by atoms with E-state index in [1.165, 1.54) is 0 Å². The normalized spacial score (nSPS) is 18.4. The third kappa shape index (κ3) is 4.86. The van der Waals surface area contributed by atoms with E-state index in [0.717, 1.165) is 38.2 Å². The van der Waals surface area contributed by atoms with E-state index in [2.05, 4.69) is 20.2 Å². The van der Waals surface area contributed by atoms with Crippen molar-refractivity contribution in [1.29, 1.82) is 0 Å². The quantitative estimate of drug-likeness (QED) is 0.872. The van der Waals surface area contributed by atoms with Crippen LogP contribution in [0.5, 0.6) is 5.88 Å². The molecule has 1 unspecified atom stereocenters. The zero-order chi connectivity index (χ0) is 15.9. The molecular weight excluding hydrogens is 280 g/mol. The number of piperidine rings is 1. The number of hydrogen-bond acceptors (Lipinski definition) is 5. The third-order valence-electron chi connectivity index (χ3n) is 3.54. The van der Waals surface area contributed by atoms with Gasteiger partial charge in [0.1, 0.15) is 0 Å². The van der Waals surface area contributed by atoms with Gasteiger partial charge >= 0.3 is 0 Å². The molecule has 1 amide bonds. The molecule has 0 spiro atoms. The van der Waals surface area contributed by atoms with Gasteiger partial charge in [-0.1, -0.05) is 6.92 Å². The lowest BCUT2D eigenvalue weighted by Crippen LogP contribution is -2.48. The van der Waals surface area contributed by atoms with Gasteiger partial charge in [-0.05, 0) is 33.1 Å². The summed E-state index contributed by atoms with van der Waals surface area (Å²) < 4.78 is 5.60. The first-order valence-electron chi connectivity index (χ1n) is 8.11. The molecule has 0 radical (unpaired) electrons. The molecule has 1 aliphatic heterocycles. The molecule has 1 N–H and O–H groups in total. The number of nitrogens with one attached hydrogen (secondary N) is 1. The summed E-state index contributed by atoms with van der Waals surface area (Å²) in [6, 6.07) is 0.185. The van der Waals surface area contributed by atoms with E-state index >= 15 is 0 Å². The van der Waals surface area contributed by atoms with E-state index in [9.17, 15) is 4.79 Å². The number of ether oxygens (including phenoxy) is 1. The fourth-order valence-corrected chi connectivity index (χ4v) is 2.62. The third-order valence-corrected chi connectivity index (χ3v) is 3.54. The minimum absolute atomic E-state index is 0.0759. The van der Waals surface area contributed by atoms with Crippen molar-refractivity contribution in [3.63, 3.8) is 0 Å². The average Bonchev–Trinajstić information content (AvgIpc) is 2.47. The molecule has 1 aromatic heterocycles. The Labute approximate surface area is 132 Å². The van der Waals surface area contributed by atoms with Crippen LogP contribution in [0.2, 0.25) is 0 Å². The van der Waals surface area contributed by atoms with E-state index < -0.39 is 0 Å². The highest BCUT2D eigenvalue weighted by molar-refractivity contribution is 5.76. The topological polar surface area (TPSA) is 67.4 Å². The SMILES string of the molecule is CCCC(=O)NC1CCCN(c2cncc(OC(C)C)n2)C1. The van der Waals surface area contributed by atoms with Crippen molar-refractivity contribution in [1.82, 2.24) is 15.3 Å². The van der Waals surface area contributed by atoms with Crippen molar-refractivity contribution in [2.24, 2.45) is 0 Å². The molecule has 6 heteroatoms. The number of amides is 1. The van der Waals surface area contributed by atoms with Crippen LogP contribution < -0.4 is 15.0 Å². The molecule has 0 saturated carbocycles. The van der Waals surface area contributed by atoms with Crippen LogP contribution in [-0.4, -0.2) is 41.1 Å². The Balaban J connectivity index is 1.98. The lowest BCUT2D eigenvalue weighted by Gasteiger charge is -2.33. The average molecular weight is 306 g/mol. The van der Waals surface area contributed by atoms with Gasteiger partial charge in [0.2, 0.25) is 11.8 Å². The first-order valence-corrected chi connectivity index (χ1v) is 8.11. The minimum atomic E-state index is 0.0759. The van der Waals surface area contributed by atoms with E-state index in [-0.39, 0.29) is 18.1 Å². The second-order valence-corrected chi connectivity index (χ2v) is 5.98. The zero-order valence-corrected chi connectivity index (χ0v) is 13.7. The molecular formula is C16H26N4O2. The van der Waals surface area contributed by atoms with Gasteiger partial charge in [0.25, 0.3) is 0 Å². The Morgan fingerprint density at radius 1 is 1.50 bits per heavy atom. The zero-order valence-electron chi connectivity index (χ0n) is 13.7. The number of rotatable bonds is 6. The van der Waals surface area contributed by atoms with Gasteiger partial charge in [-0.3, -0.25) is 9.78 Å². The van der Waals surface area contributed by atoms with Crippen LogP contribution in [0.1, 0.15) is 46.5 Å². The van der Waals surface area contributed by atoms with Crippen LogP contribution in [-0.2, 0) is 4.79 Å². The predicted octanol–water partition coefficient (Wildman–Crippen LogP) is 2.15. The maximum atomic E-state index is 11.8. The van der Waals surface area contributed by atoms with E-state index in [0.29, 0.717) is 12.3 Å². The Hall–Kier alpha value is -1.85. The monoisotopic (exact) mass is 306 g/mol. The maximum Gasteiger partial charge on any atom is 0.234 e. The van der Waals surface area contributed by atoms with Gasteiger partial charge in [0.05, 0.1) is 18.5 Å². The molecule has 1 fully saturated rings. The molecule has 1 saturated heterocycles. The molecule has 122 valence electrons. The molecule has 22 heavy (non-hydrogen) atoms. The van der Waals surface area contributed by atoms with Gasteiger partial charge in [-0.15, -0.1) is 0 Å². The van der Waals surface area contributed by atoms with Crippen LogP contribution in [0, 0.1) is 0 Å². The Bertz CT molecular complexity index is 493. The lowest BCUT2D eigenvalue weighted by molar-refractivity contribution is -0.121. The van der Waals surface area contributed by atoms with Gasteiger partial charge in [0.15, 0.2) is 5.82 Å². The highest BCUT2D eigenvalue weighted by Crippen LogP contribution is 2.20. The van der Waals surface area contributed by atoms with Crippen molar-refractivity contribution in [2.75, 3.05) is 18.0 Å². The molecule has 0 aromatic carbocycles. The predicted molar refractivity (Wildman–Crippen MR) is 86.1 cm³/mol. The number of aromatic nitrogens is 2. The summed E-state index contributed by atoms with van der Waals surface area (Å²) >= 11 is 0. The number of carbonyl (C=O) groups excluding carboxylic acids is 1. The van der Waals surface area contributed by atoms with E-state index in [1.807, 2.05) is 20.8 Å². The smallest absolute Gasteiger partial charge is 0.234 e. The lowest BCUT2D eigenvalue weighted by atomic mass is 10.1. The second kappa shape index (κ2) is 7.96. The molecule has 0 bridgehead atoms. The van der Waals surface area contributed by atoms with Crippen molar-refractivity contribution in [3.8, 4) is 5.88 Å². The molecule has 1 aliphatic rings. The van der Waals surface area contributed by atoms with Crippen molar-refractivity contribution >= 4 is 11.7 Å². The standard InChI is InChI=1S/C16H26N4O2/c1-4-6-15(21)18-13-7-5-8-20(11-13)14-9-17-10-16(19-14)22-12(2)3/h9-10,12-13H,4-8,11H2,1-3H3,(H,18,21). The van der Waals surface area contributed by atoms with Gasteiger partial charge in [0, 0.05) is 25.6 Å². The van der Waals surface area contributed by atoms with Crippen LogP contribution in [0.4, 0.5) is 5.82 Å². The van der Waals surface area contributed by atoms with Crippen LogP contribution in [0.3, 0.4) is 0 Å². The fraction of sp³-hybridized carbons (Fsp3) is 0.688. The van der Waals surface area contributed by atoms with Gasteiger partial charge < -0.3 is 15.0 Å². The van der Waals surface area contributed by atoms with Crippen molar-refractivity contribution < 1.29 is 9.53 Å². The first kappa shape index (κ1) is 16.5. The Morgan fingerprint density at radius 3 is 3.05 bits per heavy atom. The fourth-order valence-electron chi connectivity index (χ4n) is 2.62. The number of hydrogen-bond donors (Lipinski definition) is 1.